The largest absolute Gasteiger partial charge is 0.349 e. The molecule has 0 aliphatic carbocycles. The van der Waals surface area contributed by atoms with Gasteiger partial charge in [0.1, 0.15) is 0 Å². The van der Waals surface area contributed by atoms with Crippen molar-refractivity contribution in [1.82, 2.24) is 0 Å². The smallest absolute Gasteiger partial charge is 0.177 e. The molecule has 0 aromatic rings. The highest BCUT2D eigenvalue weighted by Gasteiger charge is 2.11. The van der Waals surface area contributed by atoms with E-state index in [9.17, 15) is 0 Å². The first-order valence-electron chi connectivity index (χ1n) is 6.32. The van der Waals surface area contributed by atoms with Crippen LogP contribution in [-0.2, 0) is 9.47 Å². The monoisotopic (exact) mass is 224 g/mol. The molecule has 0 atom stereocenters. The van der Waals surface area contributed by atoms with E-state index in [0.717, 1.165) is 19.6 Å². The molecule has 16 heavy (non-hydrogen) atoms. The van der Waals surface area contributed by atoms with Gasteiger partial charge in [-0.3, -0.25) is 0 Å². The van der Waals surface area contributed by atoms with Gasteiger partial charge in [0.05, 0.1) is 13.2 Å². The molecule has 1 saturated heterocycles. The summed E-state index contributed by atoms with van der Waals surface area (Å²) in [6.45, 7) is 8.12. The Bertz CT molecular complexity index is 247. The number of ether oxygens (including phenoxy) is 2. The number of rotatable bonds is 5. The van der Waals surface area contributed by atoms with Crippen molar-refractivity contribution in [3.63, 3.8) is 0 Å². The van der Waals surface area contributed by atoms with Gasteiger partial charge in [-0.2, -0.15) is 0 Å². The first-order valence-corrected chi connectivity index (χ1v) is 6.32. The SMILES string of the molecule is CCCC/C=C(C)/C(C)=C/C1OCCCO1. The van der Waals surface area contributed by atoms with Crippen LogP contribution < -0.4 is 0 Å². The zero-order chi connectivity index (χ0) is 11.8. The van der Waals surface area contributed by atoms with Crippen molar-refractivity contribution in [3.8, 4) is 0 Å². The zero-order valence-electron chi connectivity index (χ0n) is 10.8. The molecule has 0 aromatic heterocycles. The summed E-state index contributed by atoms with van der Waals surface area (Å²) in [6, 6.07) is 0. The minimum Gasteiger partial charge on any atom is -0.349 e. The fraction of sp³-hybridized carbons (Fsp3) is 0.714. The van der Waals surface area contributed by atoms with Gasteiger partial charge >= 0.3 is 0 Å². The Morgan fingerprint density at radius 2 is 1.88 bits per heavy atom. The molecule has 1 fully saturated rings. The molecule has 0 bridgehead atoms. The van der Waals surface area contributed by atoms with Crippen LogP contribution in [0, 0.1) is 0 Å². The van der Waals surface area contributed by atoms with Crippen molar-refractivity contribution in [2.75, 3.05) is 13.2 Å². The summed E-state index contributed by atoms with van der Waals surface area (Å²) in [7, 11) is 0. The Morgan fingerprint density at radius 1 is 1.19 bits per heavy atom. The molecule has 0 unspecified atom stereocenters. The third-order valence-electron chi connectivity index (χ3n) is 2.87. The van der Waals surface area contributed by atoms with Crippen molar-refractivity contribution in [3.05, 3.63) is 23.3 Å². The molecule has 0 radical (unpaired) electrons. The molecule has 0 saturated carbocycles. The molecule has 1 aliphatic rings. The van der Waals surface area contributed by atoms with E-state index in [0.29, 0.717) is 0 Å². The molecule has 2 heteroatoms. The summed E-state index contributed by atoms with van der Waals surface area (Å²) in [5.74, 6) is 0. The van der Waals surface area contributed by atoms with Gasteiger partial charge in [0.2, 0.25) is 0 Å². The van der Waals surface area contributed by atoms with Gasteiger partial charge in [-0.15, -0.1) is 0 Å². The van der Waals surface area contributed by atoms with E-state index in [1.54, 1.807) is 0 Å². The van der Waals surface area contributed by atoms with E-state index >= 15 is 0 Å². The summed E-state index contributed by atoms with van der Waals surface area (Å²) >= 11 is 0. The van der Waals surface area contributed by atoms with Gasteiger partial charge in [0.25, 0.3) is 0 Å². The minimum atomic E-state index is -0.136. The van der Waals surface area contributed by atoms with Crippen molar-refractivity contribution >= 4 is 0 Å². The maximum absolute atomic E-state index is 5.50. The summed E-state index contributed by atoms with van der Waals surface area (Å²) in [5, 5.41) is 0. The molecule has 0 N–H and O–H groups in total. The highest BCUT2D eigenvalue weighted by molar-refractivity contribution is 5.27. The average Bonchev–Trinajstić information content (AvgIpc) is 2.30. The standard InChI is InChI=1S/C14H24O2/c1-4-5-6-8-12(2)13(3)11-14-15-9-7-10-16-14/h8,11,14H,4-7,9-10H2,1-3H3/b12-8+,13-11+. The Hall–Kier alpha value is -0.600. The van der Waals surface area contributed by atoms with E-state index in [-0.39, 0.29) is 6.29 Å². The van der Waals surface area contributed by atoms with Crippen molar-refractivity contribution in [2.45, 2.75) is 52.7 Å². The zero-order valence-corrected chi connectivity index (χ0v) is 10.8. The second-order valence-corrected chi connectivity index (χ2v) is 4.34. The minimum absolute atomic E-state index is 0.136. The molecule has 2 nitrogen and oxygen atoms in total. The predicted molar refractivity (Wildman–Crippen MR) is 67.3 cm³/mol. The first-order chi connectivity index (χ1) is 7.74. The summed E-state index contributed by atoms with van der Waals surface area (Å²) < 4.78 is 11.0. The molecule has 1 heterocycles. The van der Waals surface area contributed by atoms with Crippen LogP contribution in [0.2, 0.25) is 0 Å². The molecule has 1 aliphatic heterocycles. The van der Waals surface area contributed by atoms with Gasteiger partial charge in [-0.05, 0) is 38.3 Å². The van der Waals surface area contributed by atoms with E-state index < -0.39 is 0 Å². The van der Waals surface area contributed by atoms with Crippen LogP contribution in [0.5, 0.6) is 0 Å². The van der Waals surface area contributed by atoms with Crippen LogP contribution in [0.3, 0.4) is 0 Å². The van der Waals surface area contributed by atoms with Crippen molar-refractivity contribution < 1.29 is 9.47 Å². The number of allylic oxidation sites excluding steroid dienone is 3. The molecule has 0 spiro atoms. The van der Waals surface area contributed by atoms with E-state index in [1.807, 2.05) is 0 Å². The maximum Gasteiger partial charge on any atom is 0.177 e. The summed E-state index contributed by atoms with van der Waals surface area (Å²) in [6.07, 6.45) is 8.94. The number of hydrogen-bond acceptors (Lipinski definition) is 2. The molecule has 0 aromatic carbocycles. The van der Waals surface area contributed by atoms with E-state index in [1.165, 1.54) is 30.4 Å². The lowest BCUT2D eigenvalue weighted by molar-refractivity contribution is -0.150. The Kier molecular flexibility index (Phi) is 6.43. The van der Waals surface area contributed by atoms with Crippen molar-refractivity contribution in [2.24, 2.45) is 0 Å². The highest BCUT2D eigenvalue weighted by Crippen LogP contribution is 2.15. The number of unbranched alkanes of at least 4 members (excludes halogenated alkanes) is 2. The second kappa shape index (κ2) is 7.64. The summed E-state index contributed by atoms with van der Waals surface area (Å²) in [4.78, 5) is 0. The van der Waals surface area contributed by atoms with Crippen molar-refractivity contribution in [1.29, 1.82) is 0 Å². The normalized spacial score (nSPS) is 20.2. The maximum atomic E-state index is 5.50. The molecule has 0 amide bonds. The van der Waals surface area contributed by atoms with Crippen LogP contribution in [-0.4, -0.2) is 19.5 Å². The van der Waals surface area contributed by atoms with Gasteiger partial charge in [-0.1, -0.05) is 31.4 Å². The second-order valence-electron chi connectivity index (χ2n) is 4.34. The van der Waals surface area contributed by atoms with Crippen LogP contribution in [0.4, 0.5) is 0 Å². The third kappa shape index (κ3) is 4.95. The number of hydrogen-bond donors (Lipinski definition) is 0. The van der Waals surface area contributed by atoms with Crippen LogP contribution >= 0.6 is 0 Å². The van der Waals surface area contributed by atoms with Gasteiger partial charge in [0, 0.05) is 0 Å². The lowest BCUT2D eigenvalue weighted by Crippen LogP contribution is -2.23. The molecular weight excluding hydrogens is 200 g/mol. The third-order valence-corrected chi connectivity index (χ3v) is 2.87. The quantitative estimate of drug-likeness (QED) is 0.522. The first kappa shape index (κ1) is 13.5. The van der Waals surface area contributed by atoms with E-state index in [2.05, 4.69) is 32.9 Å². The molecular formula is C14H24O2. The molecule has 92 valence electrons. The van der Waals surface area contributed by atoms with Gasteiger partial charge in [0.15, 0.2) is 6.29 Å². The fourth-order valence-corrected chi connectivity index (χ4v) is 1.62. The Balaban J connectivity index is 2.44. The lowest BCUT2D eigenvalue weighted by atomic mass is 10.1. The summed E-state index contributed by atoms with van der Waals surface area (Å²) in [5.41, 5.74) is 2.61. The Morgan fingerprint density at radius 3 is 2.50 bits per heavy atom. The average molecular weight is 224 g/mol. The molecule has 1 rings (SSSR count). The van der Waals surface area contributed by atoms with Gasteiger partial charge in [-0.25, -0.2) is 0 Å². The van der Waals surface area contributed by atoms with Crippen LogP contribution in [0.15, 0.2) is 23.3 Å². The van der Waals surface area contributed by atoms with Crippen LogP contribution in [0.25, 0.3) is 0 Å². The highest BCUT2D eigenvalue weighted by atomic mass is 16.7. The topological polar surface area (TPSA) is 18.5 Å². The van der Waals surface area contributed by atoms with Crippen LogP contribution in [0.1, 0.15) is 46.5 Å². The van der Waals surface area contributed by atoms with Gasteiger partial charge < -0.3 is 9.47 Å². The Labute approximate surface area is 99.3 Å². The fourth-order valence-electron chi connectivity index (χ4n) is 1.62. The lowest BCUT2D eigenvalue weighted by Gasteiger charge is -2.21. The predicted octanol–water partition coefficient (Wildman–Crippen LogP) is 3.83. The van der Waals surface area contributed by atoms with E-state index in [4.69, 9.17) is 9.47 Å².